The van der Waals surface area contributed by atoms with Crippen LogP contribution in [0.25, 0.3) is 0 Å². The average Bonchev–Trinajstić information content (AvgIpc) is 2.45. The van der Waals surface area contributed by atoms with Gasteiger partial charge in [0.15, 0.2) is 0 Å². The SMILES string of the molecule is CCCC(C)NC(=O)CN1C(=O)C=C(C)C1=O. The molecular weight excluding hydrogens is 220 g/mol. The van der Waals surface area contributed by atoms with Crippen molar-refractivity contribution in [1.82, 2.24) is 10.2 Å². The lowest BCUT2D eigenvalue weighted by Crippen LogP contribution is -2.43. The van der Waals surface area contributed by atoms with E-state index in [9.17, 15) is 14.4 Å². The number of hydrogen-bond acceptors (Lipinski definition) is 3. The Kier molecular flexibility index (Phi) is 4.43. The minimum atomic E-state index is -0.411. The highest BCUT2D eigenvalue weighted by Crippen LogP contribution is 2.11. The van der Waals surface area contributed by atoms with E-state index in [-0.39, 0.29) is 24.4 Å². The molecule has 1 unspecified atom stereocenters. The topological polar surface area (TPSA) is 66.5 Å². The van der Waals surface area contributed by atoms with Gasteiger partial charge >= 0.3 is 0 Å². The monoisotopic (exact) mass is 238 g/mol. The summed E-state index contributed by atoms with van der Waals surface area (Å²) in [5, 5.41) is 2.76. The molecule has 0 saturated carbocycles. The number of nitrogens with zero attached hydrogens (tertiary/aromatic N) is 1. The van der Waals surface area contributed by atoms with Crippen LogP contribution in [0.3, 0.4) is 0 Å². The lowest BCUT2D eigenvalue weighted by atomic mass is 10.2. The minimum Gasteiger partial charge on any atom is -0.352 e. The van der Waals surface area contributed by atoms with Gasteiger partial charge in [-0.05, 0) is 20.3 Å². The van der Waals surface area contributed by atoms with Crippen molar-refractivity contribution in [1.29, 1.82) is 0 Å². The second-order valence-electron chi connectivity index (χ2n) is 4.31. The molecule has 0 saturated heterocycles. The van der Waals surface area contributed by atoms with Crippen LogP contribution in [0.5, 0.6) is 0 Å². The van der Waals surface area contributed by atoms with Crippen molar-refractivity contribution in [2.24, 2.45) is 0 Å². The molecule has 0 radical (unpaired) electrons. The molecule has 1 atom stereocenters. The van der Waals surface area contributed by atoms with E-state index in [2.05, 4.69) is 5.32 Å². The molecule has 0 aliphatic carbocycles. The lowest BCUT2D eigenvalue weighted by molar-refractivity contribution is -0.141. The zero-order chi connectivity index (χ0) is 13.0. The zero-order valence-electron chi connectivity index (χ0n) is 10.4. The minimum absolute atomic E-state index is 0.0642. The largest absolute Gasteiger partial charge is 0.352 e. The van der Waals surface area contributed by atoms with Crippen molar-refractivity contribution < 1.29 is 14.4 Å². The maximum Gasteiger partial charge on any atom is 0.257 e. The Morgan fingerprint density at radius 2 is 2.12 bits per heavy atom. The molecule has 0 spiro atoms. The van der Waals surface area contributed by atoms with Crippen LogP contribution >= 0.6 is 0 Å². The maximum absolute atomic E-state index is 11.6. The smallest absolute Gasteiger partial charge is 0.257 e. The third kappa shape index (κ3) is 3.41. The summed E-state index contributed by atoms with van der Waals surface area (Å²) in [6, 6.07) is 0.0642. The first-order valence-corrected chi connectivity index (χ1v) is 5.79. The van der Waals surface area contributed by atoms with Gasteiger partial charge in [-0.1, -0.05) is 13.3 Å². The standard InChI is InChI=1S/C12H18N2O3/c1-4-5-9(3)13-10(15)7-14-11(16)6-8(2)12(14)17/h6,9H,4-5,7H2,1-3H3,(H,13,15). The van der Waals surface area contributed by atoms with Crippen LogP contribution in [0.2, 0.25) is 0 Å². The van der Waals surface area contributed by atoms with Crippen molar-refractivity contribution in [3.05, 3.63) is 11.6 Å². The van der Waals surface area contributed by atoms with E-state index in [4.69, 9.17) is 0 Å². The summed E-state index contributed by atoms with van der Waals surface area (Å²) in [5.41, 5.74) is 0.379. The van der Waals surface area contributed by atoms with Crippen LogP contribution in [0, 0.1) is 0 Å². The van der Waals surface area contributed by atoms with E-state index in [1.807, 2.05) is 13.8 Å². The molecule has 1 aliphatic heterocycles. The highest BCUT2D eigenvalue weighted by atomic mass is 16.2. The summed E-state index contributed by atoms with van der Waals surface area (Å²) >= 11 is 0. The molecule has 3 amide bonds. The van der Waals surface area contributed by atoms with Gasteiger partial charge < -0.3 is 5.32 Å². The summed E-state index contributed by atoms with van der Waals surface area (Å²) in [5.74, 6) is -1.09. The number of carbonyl (C=O) groups excluding carboxylic acids is 3. The number of amides is 3. The van der Waals surface area contributed by atoms with Gasteiger partial charge in [-0.15, -0.1) is 0 Å². The number of carbonyl (C=O) groups is 3. The van der Waals surface area contributed by atoms with Crippen molar-refractivity contribution in [3.63, 3.8) is 0 Å². The molecule has 1 aliphatic rings. The van der Waals surface area contributed by atoms with Gasteiger partial charge in [0.25, 0.3) is 11.8 Å². The second-order valence-corrected chi connectivity index (χ2v) is 4.31. The van der Waals surface area contributed by atoms with E-state index >= 15 is 0 Å². The van der Waals surface area contributed by atoms with Gasteiger partial charge in [0.2, 0.25) is 5.91 Å². The Balaban J connectivity index is 2.48. The summed E-state index contributed by atoms with van der Waals surface area (Å²) in [4.78, 5) is 35.5. The molecule has 5 nitrogen and oxygen atoms in total. The quantitative estimate of drug-likeness (QED) is 0.713. The van der Waals surface area contributed by atoms with Crippen LogP contribution in [-0.2, 0) is 14.4 Å². The van der Waals surface area contributed by atoms with Crippen molar-refractivity contribution in [2.75, 3.05) is 6.54 Å². The Labute approximate surface area is 101 Å². The third-order valence-electron chi connectivity index (χ3n) is 2.62. The molecule has 17 heavy (non-hydrogen) atoms. The molecule has 5 heteroatoms. The summed E-state index contributed by atoms with van der Waals surface area (Å²) in [6.45, 7) is 5.30. The number of nitrogens with one attached hydrogen (secondary N) is 1. The van der Waals surface area contributed by atoms with E-state index in [0.717, 1.165) is 17.7 Å². The van der Waals surface area contributed by atoms with E-state index < -0.39 is 5.91 Å². The summed E-state index contributed by atoms with van der Waals surface area (Å²) in [6.07, 6.45) is 3.11. The molecule has 1 N–H and O–H groups in total. The van der Waals surface area contributed by atoms with Crippen LogP contribution in [-0.4, -0.2) is 35.2 Å². The Morgan fingerprint density at radius 1 is 1.47 bits per heavy atom. The predicted octanol–water partition coefficient (Wildman–Crippen LogP) is 0.606. The van der Waals surface area contributed by atoms with Gasteiger partial charge in [0, 0.05) is 17.7 Å². The molecule has 0 aromatic heterocycles. The molecular formula is C12H18N2O3. The normalized spacial score (nSPS) is 17.1. The highest BCUT2D eigenvalue weighted by molar-refractivity contribution is 6.17. The van der Waals surface area contributed by atoms with Crippen molar-refractivity contribution in [3.8, 4) is 0 Å². The number of rotatable bonds is 5. The third-order valence-corrected chi connectivity index (χ3v) is 2.62. The van der Waals surface area contributed by atoms with E-state index in [1.54, 1.807) is 6.92 Å². The molecule has 1 rings (SSSR count). The van der Waals surface area contributed by atoms with Gasteiger partial charge in [0.05, 0.1) is 0 Å². The van der Waals surface area contributed by atoms with Gasteiger partial charge in [-0.3, -0.25) is 19.3 Å². The number of imide groups is 1. The second kappa shape index (κ2) is 5.61. The van der Waals surface area contributed by atoms with Crippen molar-refractivity contribution in [2.45, 2.75) is 39.7 Å². The fourth-order valence-corrected chi connectivity index (χ4v) is 1.76. The molecule has 0 aromatic carbocycles. The summed E-state index contributed by atoms with van der Waals surface area (Å²) in [7, 11) is 0. The van der Waals surface area contributed by atoms with Gasteiger partial charge in [-0.25, -0.2) is 0 Å². The summed E-state index contributed by atoms with van der Waals surface area (Å²) < 4.78 is 0. The van der Waals surface area contributed by atoms with Crippen molar-refractivity contribution >= 4 is 17.7 Å². The Hall–Kier alpha value is -1.65. The van der Waals surface area contributed by atoms with Crippen LogP contribution in [0.4, 0.5) is 0 Å². The average molecular weight is 238 g/mol. The first-order chi connectivity index (χ1) is 7.95. The molecule has 0 fully saturated rings. The highest BCUT2D eigenvalue weighted by Gasteiger charge is 2.29. The first-order valence-electron chi connectivity index (χ1n) is 5.79. The van der Waals surface area contributed by atoms with Crippen LogP contribution in [0.1, 0.15) is 33.6 Å². The Morgan fingerprint density at radius 3 is 2.59 bits per heavy atom. The van der Waals surface area contributed by atoms with Gasteiger partial charge in [-0.2, -0.15) is 0 Å². The van der Waals surface area contributed by atoms with Crippen LogP contribution < -0.4 is 5.32 Å². The molecule has 94 valence electrons. The first kappa shape index (κ1) is 13.4. The molecule has 1 heterocycles. The van der Waals surface area contributed by atoms with E-state index in [0.29, 0.717) is 5.57 Å². The van der Waals surface area contributed by atoms with E-state index in [1.165, 1.54) is 6.08 Å². The van der Waals surface area contributed by atoms with Crippen LogP contribution in [0.15, 0.2) is 11.6 Å². The predicted molar refractivity (Wildman–Crippen MR) is 63.0 cm³/mol. The zero-order valence-corrected chi connectivity index (χ0v) is 10.4. The lowest BCUT2D eigenvalue weighted by Gasteiger charge is -2.17. The maximum atomic E-state index is 11.6. The van der Waals surface area contributed by atoms with Gasteiger partial charge in [0.1, 0.15) is 6.54 Å². The number of hydrogen-bond donors (Lipinski definition) is 1. The fourth-order valence-electron chi connectivity index (χ4n) is 1.76. The molecule has 0 aromatic rings. The Bertz CT molecular complexity index is 374. The fraction of sp³-hybridized carbons (Fsp3) is 0.583. The molecule has 0 bridgehead atoms.